The van der Waals surface area contributed by atoms with Gasteiger partial charge in [0.2, 0.25) is 0 Å². The van der Waals surface area contributed by atoms with Gasteiger partial charge >= 0.3 is 0 Å². The molecule has 0 aliphatic carbocycles. The molecule has 0 aliphatic heterocycles. The summed E-state index contributed by atoms with van der Waals surface area (Å²) in [5, 5.41) is 13.8. The lowest BCUT2D eigenvalue weighted by atomic mass is 10.1. The molecule has 0 spiro atoms. The van der Waals surface area contributed by atoms with Crippen LogP contribution < -0.4 is 5.32 Å². The van der Waals surface area contributed by atoms with E-state index in [9.17, 15) is 14.9 Å². The second-order valence-corrected chi connectivity index (χ2v) is 6.13. The van der Waals surface area contributed by atoms with Crippen LogP contribution in [0.5, 0.6) is 0 Å². The molecule has 1 N–H and O–H groups in total. The van der Waals surface area contributed by atoms with Crippen molar-refractivity contribution in [2.75, 3.05) is 12.3 Å². The normalized spacial score (nSPS) is 10.3. The fraction of sp³-hybridized carbons (Fsp3) is 0.235. The van der Waals surface area contributed by atoms with Gasteiger partial charge in [-0.15, -0.1) is 0 Å². The van der Waals surface area contributed by atoms with Gasteiger partial charge in [-0.1, -0.05) is 42.5 Å². The summed E-state index contributed by atoms with van der Waals surface area (Å²) in [6, 6.07) is 14.8. The molecule has 2 aromatic rings. The summed E-state index contributed by atoms with van der Waals surface area (Å²) in [5.41, 5.74) is 1.71. The topological polar surface area (TPSA) is 72.2 Å². The number of nitrogens with zero attached hydrogens (tertiary/aromatic N) is 1. The largest absolute Gasteiger partial charge is 0.351 e. The van der Waals surface area contributed by atoms with Crippen LogP contribution in [0.4, 0.5) is 5.69 Å². The van der Waals surface area contributed by atoms with Crippen molar-refractivity contribution in [2.45, 2.75) is 12.7 Å². The minimum atomic E-state index is -0.506. The third-order valence-electron chi connectivity index (χ3n) is 3.31. The van der Waals surface area contributed by atoms with Crippen molar-refractivity contribution in [1.29, 1.82) is 0 Å². The van der Waals surface area contributed by atoms with E-state index in [-0.39, 0.29) is 11.3 Å². The number of thioether (sulfide) groups is 1. The molecule has 0 aromatic heterocycles. The summed E-state index contributed by atoms with van der Waals surface area (Å²) in [6.45, 7) is 2.10. The van der Waals surface area contributed by atoms with E-state index in [1.165, 1.54) is 11.6 Å². The second-order valence-electron chi connectivity index (χ2n) is 5.02. The van der Waals surface area contributed by atoms with Crippen LogP contribution in [0.1, 0.15) is 21.5 Å². The molecule has 120 valence electrons. The van der Waals surface area contributed by atoms with Crippen LogP contribution >= 0.6 is 11.8 Å². The number of hydrogen-bond donors (Lipinski definition) is 1. The molecule has 0 heterocycles. The van der Waals surface area contributed by atoms with Crippen molar-refractivity contribution in [1.82, 2.24) is 5.32 Å². The van der Waals surface area contributed by atoms with Crippen LogP contribution in [0.2, 0.25) is 0 Å². The van der Waals surface area contributed by atoms with Gasteiger partial charge in [-0.05, 0) is 18.6 Å². The van der Waals surface area contributed by atoms with Crippen LogP contribution in [0.15, 0.2) is 48.5 Å². The lowest BCUT2D eigenvalue weighted by Gasteiger charge is -2.07. The molecule has 23 heavy (non-hydrogen) atoms. The number of para-hydroxylation sites is 1. The molecule has 5 nitrogen and oxygen atoms in total. The lowest BCUT2D eigenvalue weighted by molar-refractivity contribution is -0.385. The van der Waals surface area contributed by atoms with E-state index in [1.54, 1.807) is 30.8 Å². The van der Waals surface area contributed by atoms with Gasteiger partial charge < -0.3 is 5.32 Å². The highest BCUT2D eigenvalue weighted by Gasteiger charge is 2.21. The zero-order valence-electron chi connectivity index (χ0n) is 12.8. The maximum absolute atomic E-state index is 12.1. The predicted molar refractivity (Wildman–Crippen MR) is 92.8 cm³/mol. The summed E-state index contributed by atoms with van der Waals surface area (Å²) in [4.78, 5) is 22.7. The van der Waals surface area contributed by atoms with Crippen molar-refractivity contribution < 1.29 is 9.72 Å². The Bertz CT molecular complexity index is 689. The predicted octanol–water partition coefficient (Wildman–Crippen LogP) is 3.57. The summed E-state index contributed by atoms with van der Waals surface area (Å²) >= 11 is 1.71. The molecule has 0 atom stereocenters. The van der Waals surface area contributed by atoms with E-state index in [0.717, 1.165) is 11.5 Å². The summed E-state index contributed by atoms with van der Waals surface area (Å²) < 4.78 is 0. The van der Waals surface area contributed by atoms with Crippen LogP contribution in [-0.2, 0) is 5.75 Å². The zero-order valence-corrected chi connectivity index (χ0v) is 13.6. The first kappa shape index (κ1) is 17.0. The monoisotopic (exact) mass is 330 g/mol. The smallest absolute Gasteiger partial charge is 0.285 e. The van der Waals surface area contributed by atoms with E-state index >= 15 is 0 Å². The third kappa shape index (κ3) is 4.82. The van der Waals surface area contributed by atoms with Crippen LogP contribution in [-0.4, -0.2) is 23.1 Å². The number of rotatable bonds is 7. The number of carbonyl (C=O) groups is 1. The second kappa shape index (κ2) is 8.33. The summed E-state index contributed by atoms with van der Waals surface area (Å²) in [7, 11) is 0. The Morgan fingerprint density at radius 1 is 1.17 bits per heavy atom. The maximum Gasteiger partial charge on any atom is 0.285 e. The molecule has 0 radical (unpaired) electrons. The maximum atomic E-state index is 12.1. The molecule has 2 rings (SSSR count). The first-order valence-corrected chi connectivity index (χ1v) is 8.39. The average Bonchev–Trinajstić information content (AvgIpc) is 2.54. The van der Waals surface area contributed by atoms with Crippen molar-refractivity contribution in [2.24, 2.45) is 0 Å². The van der Waals surface area contributed by atoms with E-state index in [4.69, 9.17) is 0 Å². The molecule has 0 fully saturated rings. The molecule has 1 amide bonds. The van der Waals surface area contributed by atoms with E-state index < -0.39 is 10.8 Å². The molecule has 0 aliphatic rings. The van der Waals surface area contributed by atoms with E-state index in [0.29, 0.717) is 12.1 Å². The minimum Gasteiger partial charge on any atom is -0.351 e. The molecule has 0 saturated heterocycles. The number of amides is 1. The number of benzene rings is 2. The van der Waals surface area contributed by atoms with Gasteiger partial charge in [0, 0.05) is 23.6 Å². The number of nitro benzene ring substituents is 1. The highest BCUT2D eigenvalue weighted by atomic mass is 32.2. The molecule has 0 saturated carbocycles. The Labute approximate surface area is 139 Å². The molecular formula is C17H18N2O3S. The fourth-order valence-corrected chi connectivity index (χ4v) is 3.00. The van der Waals surface area contributed by atoms with Crippen LogP contribution in [0.25, 0.3) is 0 Å². The molecule has 0 unspecified atom stereocenters. The zero-order chi connectivity index (χ0) is 16.7. The Morgan fingerprint density at radius 3 is 2.61 bits per heavy atom. The Morgan fingerprint density at radius 2 is 1.91 bits per heavy atom. The van der Waals surface area contributed by atoms with Crippen molar-refractivity contribution in [3.63, 3.8) is 0 Å². The molecule has 6 heteroatoms. The number of aryl methyl sites for hydroxylation is 1. The van der Waals surface area contributed by atoms with Gasteiger partial charge in [-0.3, -0.25) is 14.9 Å². The quantitative estimate of drug-likeness (QED) is 0.478. The SMILES string of the molecule is Cc1cccc(C(=O)NCCSCc2ccccc2)c1[N+](=O)[O-]. The Balaban J connectivity index is 1.84. The van der Waals surface area contributed by atoms with Crippen molar-refractivity contribution in [3.8, 4) is 0 Å². The Kier molecular flexibility index (Phi) is 6.17. The van der Waals surface area contributed by atoms with Crippen LogP contribution in [0.3, 0.4) is 0 Å². The Hall–Kier alpha value is -2.34. The third-order valence-corrected chi connectivity index (χ3v) is 4.34. The van der Waals surface area contributed by atoms with Crippen molar-refractivity contribution >= 4 is 23.4 Å². The molecule has 2 aromatic carbocycles. The fourth-order valence-electron chi connectivity index (χ4n) is 2.18. The van der Waals surface area contributed by atoms with Gasteiger partial charge in [0.15, 0.2) is 0 Å². The van der Waals surface area contributed by atoms with Gasteiger partial charge in [0.05, 0.1) is 4.92 Å². The van der Waals surface area contributed by atoms with Gasteiger partial charge in [-0.25, -0.2) is 0 Å². The highest BCUT2D eigenvalue weighted by molar-refractivity contribution is 7.98. The van der Waals surface area contributed by atoms with Gasteiger partial charge in [0.25, 0.3) is 11.6 Å². The van der Waals surface area contributed by atoms with E-state index in [2.05, 4.69) is 17.4 Å². The van der Waals surface area contributed by atoms with Gasteiger partial charge in [-0.2, -0.15) is 11.8 Å². The van der Waals surface area contributed by atoms with Crippen LogP contribution in [0, 0.1) is 17.0 Å². The summed E-state index contributed by atoms with van der Waals surface area (Å²) in [6.07, 6.45) is 0. The summed E-state index contributed by atoms with van der Waals surface area (Å²) in [5.74, 6) is 1.22. The van der Waals surface area contributed by atoms with E-state index in [1.807, 2.05) is 18.2 Å². The first-order valence-electron chi connectivity index (χ1n) is 7.23. The van der Waals surface area contributed by atoms with Crippen molar-refractivity contribution in [3.05, 3.63) is 75.3 Å². The number of nitrogens with one attached hydrogen (secondary N) is 1. The standard InChI is InChI=1S/C17H18N2O3S/c1-13-6-5-9-15(16(13)19(21)22)17(20)18-10-11-23-12-14-7-3-2-4-8-14/h2-9H,10-12H2,1H3,(H,18,20). The lowest BCUT2D eigenvalue weighted by Crippen LogP contribution is -2.26. The molecular weight excluding hydrogens is 312 g/mol. The number of carbonyl (C=O) groups excluding carboxylic acids is 1. The highest BCUT2D eigenvalue weighted by Crippen LogP contribution is 2.22. The first-order chi connectivity index (χ1) is 11.1. The average molecular weight is 330 g/mol. The van der Waals surface area contributed by atoms with Gasteiger partial charge in [0.1, 0.15) is 5.56 Å². The number of hydrogen-bond acceptors (Lipinski definition) is 4. The molecule has 0 bridgehead atoms. The minimum absolute atomic E-state index is 0.114. The number of nitro groups is 1.